The Labute approximate surface area is 154 Å². The van der Waals surface area contributed by atoms with Gasteiger partial charge in [0.05, 0.1) is 6.21 Å². The van der Waals surface area contributed by atoms with Crippen molar-refractivity contribution in [1.29, 1.82) is 0 Å². The maximum atomic E-state index is 12.0. The first kappa shape index (κ1) is 18.7. The van der Waals surface area contributed by atoms with E-state index < -0.39 is 5.91 Å². The first-order valence-electron chi connectivity index (χ1n) is 7.59. The van der Waals surface area contributed by atoms with Crippen molar-refractivity contribution in [2.45, 2.75) is 13.8 Å². The minimum absolute atomic E-state index is 0.0615. The van der Waals surface area contributed by atoms with Crippen molar-refractivity contribution < 1.29 is 14.7 Å². The van der Waals surface area contributed by atoms with Gasteiger partial charge in [-0.2, -0.15) is 5.10 Å². The van der Waals surface area contributed by atoms with Crippen LogP contribution in [0.5, 0.6) is 5.75 Å². The summed E-state index contributed by atoms with van der Waals surface area (Å²) in [4.78, 5) is 23.7. The zero-order chi connectivity index (χ0) is 18.4. The lowest BCUT2D eigenvalue weighted by Crippen LogP contribution is -2.19. The van der Waals surface area contributed by atoms with E-state index in [1.54, 1.807) is 50.2 Å². The van der Waals surface area contributed by atoms with E-state index in [1.807, 2.05) is 0 Å². The number of amides is 2. The van der Waals surface area contributed by atoms with Crippen LogP contribution in [0.2, 0.25) is 0 Å². The first-order valence-corrected chi connectivity index (χ1v) is 8.39. The highest BCUT2D eigenvalue weighted by molar-refractivity contribution is 9.10. The molecule has 0 aromatic heterocycles. The van der Waals surface area contributed by atoms with E-state index in [0.29, 0.717) is 16.8 Å². The molecule has 2 amide bonds. The van der Waals surface area contributed by atoms with E-state index in [2.05, 4.69) is 31.8 Å². The molecule has 0 aliphatic heterocycles. The quantitative estimate of drug-likeness (QED) is 0.526. The van der Waals surface area contributed by atoms with Gasteiger partial charge in [-0.3, -0.25) is 9.59 Å². The van der Waals surface area contributed by atoms with E-state index in [4.69, 9.17) is 0 Å². The molecule has 2 aromatic carbocycles. The molecule has 0 aliphatic rings. The molecule has 0 saturated heterocycles. The van der Waals surface area contributed by atoms with Gasteiger partial charge >= 0.3 is 0 Å². The summed E-state index contributed by atoms with van der Waals surface area (Å²) in [5.41, 5.74) is 3.89. The van der Waals surface area contributed by atoms with Crippen LogP contribution < -0.4 is 10.7 Å². The van der Waals surface area contributed by atoms with Crippen molar-refractivity contribution in [3.05, 3.63) is 58.1 Å². The number of hydrogen-bond donors (Lipinski definition) is 3. The maximum absolute atomic E-state index is 12.0. The molecule has 2 rings (SSSR count). The van der Waals surface area contributed by atoms with Gasteiger partial charge in [0.1, 0.15) is 5.75 Å². The third-order valence-electron chi connectivity index (χ3n) is 3.30. The largest absolute Gasteiger partial charge is 0.507 e. The molecule has 0 heterocycles. The second kappa shape index (κ2) is 8.43. The number of hydrogen-bond acceptors (Lipinski definition) is 4. The van der Waals surface area contributed by atoms with Crippen LogP contribution in [0.3, 0.4) is 0 Å². The van der Waals surface area contributed by atoms with Gasteiger partial charge in [0.2, 0.25) is 5.91 Å². The number of carbonyl (C=O) groups is 2. The van der Waals surface area contributed by atoms with Crippen LogP contribution in [-0.4, -0.2) is 23.1 Å². The average molecular weight is 404 g/mol. The summed E-state index contributed by atoms with van der Waals surface area (Å²) in [6.45, 7) is 3.61. The highest BCUT2D eigenvalue weighted by Crippen LogP contribution is 2.20. The number of nitrogens with zero attached hydrogens (tertiary/aromatic N) is 1. The van der Waals surface area contributed by atoms with Gasteiger partial charge in [0.25, 0.3) is 5.91 Å². The van der Waals surface area contributed by atoms with Crippen molar-refractivity contribution >= 4 is 39.6 Å². The second-order valence-electron chi connectivity index (χ2n) is 5.62. The molecule has 0 spiro atoms. The van der Waals surface area contributed by atoms with Gasteiger partial charge in [0, 0.05) is 27.2 Å². The van der Waals surface area contributed by atoms with Crippen LogP contribution in [0.25, 0.3) is 0 Å². The number of nitrogens with one attached hydrogen (secondary N) is 2. The van der Waals surface area contributed by atoms with Crippen LogP contribution in [-0.2, 0) is 4.79 Å². The molecule has 6 nitrogen and oxygen atoms in total. The van der Waals surface area contributed by atoms with Gasteiger partial charge in [-0.25, -0.2) is 5.43 Å². The van der Waals surface area contributed by atoms with E-state index in [-0.39, 0.29) is 17.6 Å². The lowest BCUT2D eigenvalue weighted by Gasteiger charge is -2.08. The second-order valence-corrected chi connectivity index (χ2v) is 6.54. The first-order chi connectivity index (χ1) is 11.9. The number of anilines is 1. The van der Waals surface area contributed by atoms with Gasteiger partial charge in [0.15, 0.2) is 0 Å². The van der Waals surface area contributed by atoms with Gasteiger partial charge in [-0.1, -0.05) is 29.8 Å². The Bertz CT molecular complexity index is 802. The van der Waals surface area contributed by atoms with Gasteiger partial charge in [-0.15, -0.1) is 0 Å². The minimum Gasteiger partial charge on any atom is -0.507 e. The zero-order valence-electron chi connectivity index (χ0n) is 13.8. The van der Waals surface area contributed by atoms with Crippen molar-refractivity contribution in [2.24, 2.45) is 11.0 Å². The molecule has 0 aliphatic carbocycles. The lowest BCUT2D eigenvalue weighted by molar-refractivity contribution is -0.118. The fraction of sp³-hybridized carbons (Fsp3) is 0.167. The van der Waals surface area contributed by atoms with Crippen LogP contribution in [0.4, 0.5) is 5.69 Å². The van der Waals surface area contributed by atoms with Crippen LogP contribution in [0.15, 0.2) is 52.0 Å². The standard InChI is InChI=1S/C18H18BrN3O3/c1-11(2)17(24)21-15-6-3-12(4-7-15)18(25)22-20-10-13-9-14(19)5-8-16(13)23/h3-11,23H,1-2H3,(H,21,24)(H,22,25). The molecular formula is C18H18BrN3O3. The van der Waals surface area contributed by atoms with Crippen molar-refractivity contribution in [3.63, 3.8) is 0 Å². The predicted octanol–water partition coefficient (Wildman–Crippen LogP) is 3.51. The third-order valence-corrected chi connectivity index (χ3v) is 3.79. The monoisotopic (exact) mass is 403 g/mol. The summed E-state index contributed by atoms with van der Waals surface area (Å²) in [7, 11) is 0. The fourth-order valence-corrected chi connectivity index (χ4v) is 2.22. The molecule has 0 fully saturated rings. The third kappa shape index (κ3) is 5.42. The minimum atomic E-state index is -0.396. The van der Waals surface area contributed by atoms with E-state index in [9.17, 15) is 14.7 Å². The van der Waals surface area contributed by atoms with Crippen LogP contribution in [0.1, 0.15) is 29.8 Å². The zero-order valence-corrected chi connectivity index (χ0v) is 15.4. The molecular weight excluding hydrogens is 386 g/mol. The Hall–Kier alpha value is -2.67. The highest BCUT2D eigenvalue weighted by atomic mass is 79.9. The summed E-state index contributed by atoms with van der Waals surface area (Å²) >= 11 is 3.30. The predicted molar refractivity (Wildman–Crippen MR) is 101 cm³/mol. The van der Waals surface area contributed by atoms with E-state index in [1.165, 1.54) is 12.3 Å². The summed E-state index contributed by atoms with van der Waals surface area (Å²) < 4.78 is 0.789. The average Bonchev–Trinajstić information content (AvgIpc) is 2.58. The Morgan fingerprint density at radius 2 is 1.84 bits per heavy atom. The molecule has 0 saturated carbocycles. The Morgan fingerprint density at radius 1 is 1.16 bits per heavy atom. The number of phenols is 1. The summed E-state index contributed by atoms with van der Waals surface area (Å²) in [5.74, 6) is -0.540. The van der Waals surface area contributed by atoms with Crippen molar-refractivity contribution in [1.82, 2.24) is 5.43 Å². The number of aromatic hydroxyl groups is 1. The number of carbonyl (C=O) groups excluding carboxylic acids is 2. The highest BCUT2D eigenvalue weighted by Gasteiger charge is 2.08. The van der Waals surface area contributed by atoms with Crippen LogP contribution in [0, 0.1) is 5.92 Å². The number of hydrazone groups is 1. The molecule has 130 valence electrons. The number of rotatable bonds is 5. The fourth-order valence-electron chi connectivity index (χ4n) is 1.85. The Balaban J connectivity index is 1.98. The van der Waals surface area contributed by atoms with Gasteiger partial charge < -0.3 is 10.4 Å². The van der Waals surface area contributed by atoms with E-state index >= 15 is 0 Å². The van der Waals surface area contributed by atoms with E-state index in [0.717, 1.165) is 4.47 Å². The number of halogens is 1. The smallest absolute Gasteiger partial charge is 0.271 e. The Morgan fingerprint density at radius 3 is 2.48 bits per heavy atom. The van der Waals surface area contributed by atoms with Crippen LogP contribution >= 0.6 is 15.9 Å². The molecule has 7 heteroatoms. The lowest BCUT2D eigenvalue weighted by atomic mass is 10.1. The normalized spacial score (nSPS) is 10.9. The maximum Gasteiger partial charge on any atom is 0.271 e. The Kier molecular flexibility index (Phi) is 6.30. The molecule has 25 heavy (non-hydrogen) atoms. The summed E-state index contributed by atoms with van der Waals surface area (Å²) in [6, 6.07) is 11.4. The molecule has 0 radical (unpaired) electrons. The van der Waals surface area contributed by atoms with Crippen molar-refractivity contribution in [3.8, 4) is 5.75 Å². The molecule has 0 unspecified atom stereocenters. The van der Waals surface area contributed by atoms with Gasteiger partial charge in [-0.05, 0) is 42.5 Å². The number of phenolic OH excluding ortho intramolecular Hbond substituents is 1. The molecule has 3 N–H and O–H groups in total. The topological polar surface area (TPSA) is 90.8 Å². The summed E-state index contributed by atoms with van der Waals surface area (Å²) in [5, 5.41) is 16.3. The number of benzene rings is 2. The molecule has 2 aromatic rings. The van der Waals surface area contributed by atoms with Crippen molar-refractivity contribution in [2.75, 3.05) is 5.32 Å². The summed E-state index contributed by atoms with van der Waals surface area (Å²) in [6.07, 6.45) is 1.36. The SMILES string of the molecule is CC(C)C(=O)Nc1ccc(C(=O)NN=Cc2cc(Br)ccc2O)cc1. The molecule has 0 atom stereocenters. The molecule has 0 bridgehead atoms.